The lowest BCUT2D eigenvalue weighted by atomic mass is 9.93. The summed E-state index contributed by atoms with van der Waals surface area (Å²) in [7, 11) is 3.54. The van der Waals surface area contributed by atoms with Gasteiger partial charge in [-0.15, -0.1) is 24.0 Å². The van der Waals surface area contributed by atoms with Gasteiger partial charge in [-0.05, 0) is 38.0 Å². The lowest BCUT2D eigenvalue weighted by molar-refractivity contribution is -0.127. The number of hydrogen-bond donors (Lipinski definition) is 1. The van der Waals surface area contributed by atoms with E-state index in [-0.39, 0.29) is 36.4 Å². The SMILES string of the molecule is C=C(C)CNC(=NCC(=O)N(C)C)N1CCN(C2CC3CCC2C3)CC1.I. The van der Waals surface area contributed by atoms with Crippen LogP contribution in [-0.2, 0) is 4.79 Å². The van der Waals surface area contributed by atoms with Gasteiger partial charge in [-0.2, -0.15) is 0 Å². The van der Waals surface area contributed by atoms with Crippen LogP contribution in [-0.4, -0.2) is 86.0 Å². The molecule has 3 aliphatic rings. The lowest BCUT2D eigenvalue weighted by Crippen LogP contribution is -2.55. The molecular formula is C20H36IN5O. The molecule has 2 bridgehead atoms. The van der Waals surface area contributed by atoms with Crippen molar-refractivity contribution >= 4 is 35.8 Å². The van der Waals surface area contributed by atoms with Gasteiger partial charge in [0.15, 0.2) is 5.96 Å². The molecule has 1 aliphatic heterocycles. The third-order valence-electron chi connectivity index (χ3n) is 6.19. The van der Waals surface area contributed by atoms with E-state index in [9.17, 15) is 4.79 Å². The van der Waals surface area contributed by atoms with Crippen molar-refractivity contribution in [2.24, 2.45) is 16.8 Å². The fraction of sp³-hybridized carbons (Fsp3) is 0.800. The van der Waals surface area contributed by atoms with Gasteiger partial charge in [-0.1, -0.05) is 18.6 Å². The first-order valence-corrected chi connectivity index (χ1v) is 10.1. The van der Waals surface area contributed by atoms with E-state index < -0.39 is 0 Å². The fourth-order valence-electron chi connectivity index (χ4n) is 4.71. The van der Waals surface area contributed by atoms with Crippen molar-refractivity contribution < 1.29 is 4.79 Å². The first-order chi connectivity index (χ1) is 12.4. The largest absolute Gasteiger partial charge is 0.353 e. The molecule has 3 atom stereocenters. The molecule has 1 heterocycles. The molecule has 0 aromatic heterocycles. The Bertz CT molecular complexity index is 557. The maximum atomic E-state index is 11.9. The van der Waals surface area contributed by atoms with E-state index in [0.29, 0.717) is 6.54 Å². The van der Waals surface area contributed by atoms with Crippen LogP contribution >= 0.6 is 24.0 Å². The molecule has 1 saturated heterocycles. The molecule has 154 valence electrons. The summed E-state index contributed by atoms with van der Waals surface area (Å²) < 4.78 is 0. The monoisotopic (exact) mass is 489 g/mol. The Hall–Kier alpha value is -0.830. The summed E-state index contributed by atoms with van der Waals surface area (Å²) in [6, 6.07) is 0.815. The summed E-state index contributed by atoms with van der Waals surface area (Å²) in [5.74, 6) is 2.81. The molecule has 3 fully saturated rings. The summed E-state index contributed by atoms with van der Waals surface area (Å²) >= 11 is 0. The van der Waals surface area contributed by atoms with Gasteiger partial charge >= 0.3 is 0 Å². The summed E-state index contributed by atoms with van der Waals surface area (Å²) in [6.45, 7) is 11.0. The van der Waals surface area contributed by atoms with Crippen molar-refractivity contribution in [3.63, 3.8) is 0 Å². The van der Waals surface area contributed by atoms with Crippen LogP contribution in [0.15, 0.2) is 17.1 Å². The van der Waals surface area contributed by atoms with Gasteiger partial charge in [0, 0.05) is 52.9 Å². The molecule has 0 spiro atoms. The first-order valence-electron chi connectivity index (χ1n) is 10.1. The number of piperazine rings is 1. The highest BCUT2D eigenvalue weighted by atomic mass is 127. The highest BCUT2D eigenvalue weighted by Crippen LogP contribution is 2.46. The van der Waals surface area contributed by atoms with E-state index in [2.05, 4.69) is 26.7 Å². The molecule has 2 aliphatic carbocycles. The zero-order chi connectivity index (χ0) is 18.7. The van der Waals surface area contributed by atoms with Gasteiger partial charge in [0.2, 0.25) is 5.91 Å². The number of carbonyl (C=O) groups excluding carboxylic acids is 1. The van der Waals surface area contributed by atoms with Crippen molar-refractivity contribution in [1.29, 1.82) is 0 Å². The number of amides is 1. The Labute approximate surface area is 181 Å². The predicted octanol–water partition coefficient (Wildman–Crippen LogP) is 2.02. The van der Waals surface area contributed by atoms with Crippen LogP contribution in [0.4, 0.5) is 0 Å². The van der Waals surface area contributed by atoms with E-state index >= 15 is 0 Å². The van der Waals surface area contributed by atoms with Gasteiger partial charge < -0.3 is 15.1 Å². The number of fused-ring (bicyclic) bond motifs is 2. The Balaban J connectivity index is 0.00000261. The molecule has 27 heavy (non-hydrogen) atoms. The summed E-state index contributed by atoms with van der Waals surface area (Å²) in [6.07, 6.45) is 5.78. The number of rotatable bonds is 5. The molecule has 0 radical (unpaired) electrons. The van der Waals surface area contributed by atoms with Crippen LogP contribution in [0.3, 0.4) is 0 Å². The predicted molar refractivity (Wildman–Crippen MR) is 122 cm³/mol. The zero-order valence-corrected chi connectivity index (χ0v) is 19.4. The number of nitrogens with one attached hydrogen (secondary N) is 1. The quantitative estimate of drug-likeness (QED) is 0.278. The van der Waals surface area contributed by atoms with Crippen molar-refractivity contribution in [2.75, 3.05) is 53.4 Å². The minimum atomic E-state index is 0. The van der Waals surface area contributed by atoms with Crippen LogP contribution in [0.2, 0.25) is 0 Å². The normalized spacial score (nSPS) is 28.0. The number of halogens is 1. The number of aliphatic imine (C=N–C) groups is 1. The second-order valence-electron chi connectivity index (χ2n) is 8.50. The van der Waals surface area contributed by atoms with Gasteiger partial charge in [-0.25, -0.2) is 4.99 Å². The Kier molecular flexibility index (Phi) is 8.39. The van der Waals surface area contributed by atoms with Gasteiger partial charge in [0.1, 0.15) is 6.54 Å². The number of hydrogen-bond acceptors (Lipinski definition) is 3. The van der Waals surface area contributed by atoms with Crippen molar-refractivity contribution in [3.05, 3.63) is 12.2 Å². The van der Waals surface area contributed by atoms with Gasteiger partial charge in [0.05, 0.1) is 0 Å². The van der Waals surface area contributed by atoms with Crippen LogP contribution in [0.25, 0.3) is 0 Å². The summed E-state index contributed by atoms with van der Waals surface area (Å²) in [5.41, 5.74) is 1.07. The maximum Gasteiger partial charge on any atom is 0.243 e. The molecule has 7 heteroatoms. The molecular weight excluding hydrogens is 453 g/mol. The summed E-state index contributed by atoms with van der Waals surface area (Å²) in [4.78, 5) is 23.1. The first kappa shape index (κ1) is 22.5. The zero-order valence-electron chi connectivity index (χ0n) is 17.1. The van der Waals surface area contributed by atoms with Gasteiger partial charge in [0.25, 0.3) is 0 Å². The van der Waals surface area contributed by atoms with Crippen molar-refractivity contribution in [3.8, 4) is 0 Å². The third-order valence-corrected chi connectivity index (χ3v) is 6.19. The van der Waals surface area contributed by atoms with Crippen LogP contribution < -0.4 is 5.32 Å². The van der Waals surface area contributed by atoms with E-state index in [4.69, 9.17) is 0 Å². The molecule has 1 amide bonds. The number of guanidine groups is 1. The average Bonchev–Trinajstić information content (AvgIpc) is 3.25. The number of likely N-dealkylation sites (N-methyl/N-ethyl adjacent to an activating group) is 1. The van der Waals surface area contributed by atoms with Crippen LogP contribution in [0.5, 0.6) is 0 Å². The fourth-order valence-corrected chi connectivity index (χ4v) is 4.71. The van der Waals surface area contributed by atoms with E-state index in [1.807, 2.05) is 6.92 Å². The number of carbonyl (C=O) groups is 1. The molecule has 6 nitrogen and oxygen atoms in total. The van der Waals surface area contributed by atoms with E-state index in [1.54, 1.807) is 19.0 Å². The highest BCUT2D eigenvalue weighted by Gasteiger charge is 2.42. The highest BCUT2D eigenvalue weighted by molar-refractivity contribution is 14.0. The minimum absolute atomic E-state index is 0. The molecule has 3 unspecified atom stereocenters. The Morgan fingerprint density at radius 2 is 1.89 bits per heavy atom. The molecule has 3 rings (SSSR count). The molecule has 0 aromatic rings. The Morgan fingerprint density at radius 1 is 1.19 bits per heavy atom. The minimum Gasteiger partial charge on any atom is -0.353 e. The number of nitrogens with zero attached hydrogens (tertiary/aromatic N) is 4. The third kappa shape index (κ3) is 5.82. The average molecular weight is 489 g/mol. The summed E-state index contributed by atoms with van der Waals surface area (Å²) in [5, 5.41) is 3.38. The van der Waals surface area contributed by atoms with E-state index in [0.717, 1.165) is 55.6 Å². The van der Waals surface area contributed by atoms with Crippen molar-refractivity contribution in [2.45, 2.75) is 38.6 Å². The van der Waals surface area contributed by atoms with E-state index in [1.165, 1.54) is 25.7 Å². The molecule has 2 saturated carbocycles. The second-order valence-corrected chi connectivity index (χ2v) is 8.50. The van der Waals surface area contributed by atoms with Gasteiger partial charge in [-0.3, -0.25) is 9.69 Å². The smallest absolute Gasteiger partial charge is 0.243 e. The second kappa shape index (κ2) is 10.1. The van der Waals surface area contributed by atoms with Crippen LogP contribution in [0.1, 0.15) is 32.6 Å². The lowest BCUT2D eigenvalue weighted by Gasteiger charge is -2.42. The van der Waals surface area contributed by atoms with Crippen molar-refractivity contribution in [1.82, 2.24) is 20.0 Å². The maximum absolute atomic E-state index is 11.9. The standard InChI is InChI=1S/C20H35N5O.HI/c1-15(2)13-21-20(22-14-19(26)23(3)4)25-9-7-24(8-10-25)18-12-16-5-6-17(18)11-16;/h16-18H,1,5-14H2,2-4H3,(H,21,22);1H. The molecule has 0 aromatic carbocycles. The van der Waals surface area contributed by atoms with Crippen LogP contribution in [0, 0.1) is 11.8 Å². The Morgan fingerprint density at radius 3 is 2.41 bits per heavy atom. The topological polar surface area (TPSA) is 51.2 Å². The molecule has 1 N–H and O–H groups in total.